The Bertz CT molecular complexity index is 388. The van der Waals surface area contributed by atoms with E-state index in [4.69, 9.17) is 5.73 Å². The molecule has 0 amide bonds. The van der Waals surface area contributed by atoms with Crippen LogP contribution in [0.3, 0.4) is 0 Å². The largest absolute Gasteiger partial charge is 0.330 e. The maximum absolute atomic E-state index is 12.5. The van der Waals surface area contributed by atoms with Gasteiger partial charge in [0.25, 0.3) is 6.43 Å². The van der Waals surface area contributed by atoms with Crippen molar-refractivity contribution in [1.29, 1.82) is 0 Å². The number of rotatable bonds is 8. The second-order valence-corrected chi connectivity index (χ2v) is 6.12. The normalized spacial score (nSPS) is 12.4. The number of hydrogen-bond donors (Lipinski definition) is 1. The Labute approximate surface area is 121 Å². The molecule has 0 fully saturated rings. The van der Waals surface area contributed by atoms with Gasteiger partial charge in [0.2, 0.25) is 0 Å². The second-order valence-electron chi connectivity index (χ2n) is 6.12. The Hall–Kier alpha value is -1.00. The first-order valence-electron chi connectivity index (χ1n) is 7.17. The molecule has 2 nitrogen and oxygen atoms in total. The fourth-order valence-corrected chi connectivity index (χ4v) is 2.23. The zero-order valence-corrected chi connectivity index (χ0v) is 12.7. The molecule has 114 valence electrons. The Morgan fingerprint density at radius 1 is 1.20 bits per heavy atom. The summed E-state index contributed by atoms with van der Waals surface area (Å²) in [6, 6.07) is 6.61. The number of nitrogens with zero attached hydrogens (tertiary/aromatic N) is 1. The van der Waals surface area contributed by atoms with Crippen LogP contribution in [0.25, 0.3) is 0 Å². The summed E-state index contributed by atoms with van der Waals surface area (Å²) in [5, 5.41) is 0. The molecular weight excluding hydrogens is 258 g/mol. The van der Waals surface area contributed by atoms with Gasteiger partial charge < -0.3 is 5.73 Å². The van der Waals surface area contributed by atoms with E-state index in [1.807, 2.05) is 0 Å². The standard InChI is InChI=1S/C16H26F2N2/c1-4-9-20(12-16(2,3)11-19)10-13-5-7-14(8-6-13)15(17)18/h5-8,15H,4,9-12,19H2,1-3H3. The van der Waals surface area contributed by atoms with Gasteiger partial charge in [-0.3, -0.25) is 4.90 Å². The Balaban J connectivity index is 2.69. The zero-order valence-electron chi connectivity index (χ0n) is 12.7. The summed E-state index contributed by atoms with van der Waals surface area (Å²) in [5.74, 6) is 0. The minimum absolute atomic E-state index is 0.0675. The Kier molecular flexibility index (Phi) is 6.56. The van der Waals surface area contributed by atoms with Crippen molar-refractivity contribution >= 4 is 0 Å². The molecule has 0 radical (unpaired) electrons. The van der Waals surface area contributed by atoms with Crippen molar-refractivity contribution in [3.05, 3.63) is 35.4 Å². The number of halogens is 2. The van der Waals surface area contributed by atoms with Gasteiger partial charge in [-0.05, 0) is 30.5 Å². The second kappa shape index (κ2) is 7.70. The van der Waals surface area contributed by atoms with Crippen LogP contribution in [0.4, 0.5) is 8.78 Å². The van der Waals surface area contributed by atoms with Gasteiger partial charge in [-0.1, -0.05) is 45.0 Å². The van der Waals surface area contributed by atoms with E-state index >= 15 is 0 Å². The molecule has 0 bridgehead atoms. The smallest absolute Gasteiger partial charge is 0.263 e. The highest BCUT2D eigenvalue weighted by atomic mass is 19.3. The predicted octanol–water partition coefficient (Wildman–Crippen LogP) is 3.82. The molecule has 1 aromatic carbocycles. The molecule has 0 aliphatic rings. The van der Waals surface area contributed by atoms with E-state index < -0.39 is 6.43 Å². The van der Waals surface area contributed by atoms with Crippen LogP contribution in [0.2, 0.25) is 0 Å². The third-order valence-corrected chi connectivity index (χ3v) is 3.38. The summed E-state index contributed by atoms with van der Waals surface area (Å²) in [4.78, 5) is 2.34. The van der Waals surface area contributed by atoms with Crippen LogP contribution in [0.1, 0.15) is 44.7 Å². The van der Waals surface area contributed by atoms with E-state index in [0.29, 0.717) is 6.54 Å². The van der Waals surface area contributed by atoms with Crippen LogP contribution in [-0.2, 0) is 6.54 Å². The van der Waals surface area contributed by atoms with E-state index in [2.05, 4.69) is 25.7 Å². The molecule has 4 heteroatoms. The van der Waals surface area contributed by atoms with Crippen LogP contribution < -0.4 is 5.73 Å². The van der Waals surface area contributed by atoms with Crippen molar-refractivity contribution in [2.75, 3.05) is 19.6 Å². The van der Waals surface area contributed by atoms with Crippen molar-refractivity contribution in [2.24, 2.45) is 11.1 Å². The topological polar surface area (TPSA) is 29.3 Å². The molecule has 20 heavy (non-hydrogen) atoms. The van der Waals surface area contributed by atoms with Crippen molar-refractivity contribution in [3.63, 3.8) is 0 Å². The molecule has 0 unspecified atom stereocenters. The Morgan fingerprint density at radius 2 is 1.80 bits per heavy atom. The third-order valence-electron chi connectivity index (χ3n) is 3.38. The predicted molar refractivity (Wildman–Crippen MR) is 79.8 cm³/mol. The minimum atomic E-state index is -2.40. The molecule has 0 heterocycles. The number of nitrogens with two attached hydrogens (primary N) is 1. The van der Waals surface area contributed by atoms with Gasteiger partial charge in [-0.2, -0.15) is 0 Å². The Morgan fingerprint density at radius 3 is 2.25 bits per heavy atom. The summed E-state index contributed by atoms with van der Waals surface area (Å²) in [6.07, 6.45) is -1.33. The molecule has 0 aromatic heterocycles. The monoisotopic (exact) mass is 284 g/mol. The van der Waals surface area contributed by atoms with Gasteiger partial charge in [-0.15, -0.1) is 0 Å². The lowest BCUT2D eigenvalue weighted by molar-refractivity contribution is 0.151. The van der Waals surface area contributed by atoms with E-state index in [1.54, 1.807) is 12.1 Å². The van der Waals surface area contributed by atoms with Crippen LogP contribution in [0.15, 0.2) is 24.3 Å². The lowest BCUT2D eigenvalue weighted by atomic mass is 9.93. The van der Waals surface area contributed by atoms with Gasteiger partial charge in [0.05, 0.1) is 0 Å². The highest BCUT2D eigenvalue weighted by Crippen LogP contribution is 2.21. The molecular formula is C16H26F2N2. The molecule has 2 N–H and O–H groups in total. The highest BCUT2D eigenvalue weighted by molar-refractivity contribution is 5.23. The number of benzene rings is 1. The zero-order chi connectivity index (χ0) is 15.2. The molecule has 1 aromatic rings. The minimum Gasteiger partial charge on any atom is -0.330 e. The highest BCUT2D eigenvalue weighted by Gasteiger charge is 2.20. The summed E-state index contributed by atoms with van der Waals surface area (Å²) >= 11 is 0. The van der Waals surface area contributed by atoms with Crippen LogP contribution >= 0.6 is 0 Å². The van der Waals surface area contributed by atoms with Crippen molar-refractivity contribution < 1.29 is 8.78 Å². The number of alkyl halides is 2. The van der Waals surface area contributed by atoms with E-state index in [1.165, 1.54) is 12.1 Å². The van der Waals surface area contributed by atoms with E-state index in [0.717, 1.165) is 31.6 Å². The van der Waals surface area contributed by atoms with Crippen molar-refractivity contribution in [2.45, 2.75) is 40.2 Å². The molecule has 0 spiro atoms. The van der Waals surface area contributed by atoms with E-state index in [-0.39, 0.29) is 11.0 Å². The SMILES string of the molecule is CCCN(Cc1ccc(C(F)F)cc1)CC(C)(C)CN. The lowest BCUT2D eigenvalue weighted by Gasteiger charge is -2.31. The van der Waals surface area contributed by atoms with Crippen molar-refractivity contribution in [3.8, 4) is 0 Å². The first kappa shape index (κ1) is 17.1. The molecule has 0 atom stereocenters. The average Bonchev–Trinajstić information content (AvgIpc) is 2.39. The average molecular weight is 284 g/mol. The summed E-state index contributed by atoms with van der Waals surface area (Å²) in [6.45, 7) is 9.75. The van der Waals surface area contributed by atoms with Crippen molar-refractivity contribution in [1.82, 2.24) is 4.90 Å². The molecule has 0 aliphatic carbocycles. The summed E-state index contributed by atoms with van der Waals surface area (Å²) in [5.41, 5.74) is 7.00. The lowest BCUT2D eigenvalue weighted by Crippen LogP contribution is -2.38. The van der Waals surface area contributed by atoms with Crippen LogP contribution in [0.5, 0.6) is 0 Å². The number of hydrogen-bond acceptors (Lipinski definition) is 2. The molecule has 0 saturated heterocycles. The first-order valence-corrected chi connectivity index (χ1v) is 7.17. The van der Waals surface area contributed by atoms with Gasteiger partial charge >= 0.3 is 0 Å². The van der Waals surface area contributed by atoms with E-state index in [9.17, 15) is 8.78 Å². The third kappa shape index (κ3) is 5.55. The van der Waals surface area contributed by atoms with Crippen LogP contribution in [-0.4, -0.2) is 24.5 Å². The maximum Gasteiger partial charge on any atom is 0.263 e. The van der Waals surface area contributed by atoms with Gasteiger partial charge in [-0.25, -0.2) is 8.78 Å². The van der Waals surface area contributed by atoms with Gasteiger partial charge in [0.1, 0.15) is 0 Å². The first-order chi connectivity index (χ1) is 9.38. The molecule has 0 aliphatic heterocycles. The molecule has 0 saturated carbocycles. The van der Waals surface area contributed by atoms with Gasteiger partial charge in [0, 0.05) is 18.7 Å². The summed E-state index contributed by atoms with van der Waals surface area (Å²) < 4.78 is 25.1. The van der Waals surface area contributed by atoms with Crippen LogP contribution in [0, 0.1) is 5.41 Å². The quantitative estimate of drug-likeness (QED) is 0.786. The molecule has 1 rings (SSSR count). The summed E-state index contributed by atoms with van der Waals surface area (Å²) in [7, 11) is 0. The fraction of sp³-hybridized carbons (Fsp3) is 0.625. The maximum atomic E-state index is 12.5. The fourth-order valence-electron chi connectivity index (χ4n) is 2.23. The van der Waals surface area contributed by atoms with Gasteiger partial charge in [0.15, 0.2) is 0 Å².